The molecular formula is C27H35FN8O2. The van der Waals surface area contributed by atoms with Crippen LogP contribution in [0.2, 0.25) is 0 Å². The Morgan fingerprint density at radius 3 is 2.97 bits per heavy atom. The average molecular weight is 523 g/mol. The second kappa shape index (κ2) is 11.4. The van der Waals surface area contributed by atoms with E-state index >= 15 is 4.39 Å². The first kappa shape index (κ1) is 25.9. The first-order valence-corrected chi connectivity index (χ1v) is 12.9. The van der Waals surface area contributed by atoms with E-state index in [1.807, 2.05) is 39.2 Å². The van der Waals surface area contributed by atoms with Crippen LogP contribution >= 0.6 is 0 Å². The standard InChI is InChI=1S/C27H35FN8O2/c1-17-11-20-21(31-17)7-8-23(27(20)28)38-16-30-26(36-9-10-37-19(15-36)14-35(3)4)13-24(29-2)32-25-12-22(33-34-25)18-5-6-18/h7-8,11-13,18-19,31H,2,5-6,9-10,14-16H2,1,3-4H3,(H2,32,33,34)/b24-13+,30-26+. The van der Waals surface area contributed by atoms with Crippen LogP contribution in [0.15, 0.2) is 46.1 Å². The molecule has 1 saturated heterocycles. The summed E-state index contributed by atoms with van der Waals surface area (Å²) >= 11 is 0. The number of benzene rings is 1. The minimum Gasteiger partial charge on any atom is -0.468 e. The molecule has 1 saturated carbocycles. The Morgan fingerprint density at radius 2 is 2.21 bits per heavy atom. The summed E-state index contributed by atoms with van der Waals surface area (Å²) < 4.78 is 26.8. The van der Waals surface area contributed by atoms with Crippen molar-refractivity contribution in [3.63, 3.8) is 0 Å². The molecule has 1 unspecified atom stereocenters. The molecule has 2 fully saturated rings. The lowest BCUT2D eigenvalue weighted by Crippen LogP contribution is -2.48. The number of aromatic amines is 2. The highest BCUT2D eigenvalue weighted by Crippen LogP contribution is 2.39. The van der Waals surface area contributed by atoms with Crippen LogP contribution < -0.4 is 10.1 Å². The molecule has 0 bridgehead atoms. The second-order valence-corrected chi connectivity index (χ2v) is 10.1. The fourth-order valence-corrected chi connectivity index (χ4v) is 4.63. The zero-order valence-corrected chi connectivity index (χ0v) is 22.1. The Hall–Kier alpha value is -3.70. The molecule has 3 aromatic rings. The van der Waals surface area contributed by atoms with Crippen LogP contribution in [0.25, 0.3) is 10.9 Å². The summed E-state index contributed by atoms with van der Waals surface area (Å²) in [6.07, 6.45) is 4.21. The highest BCUT2D eigenvalue weighted by atomic mass is 19.1. The maximum absolute atomic E-state index is 15.0. The van der Waals surface area contributed by atoms with Gasteiger partial charge in [0.15, 0.2) is 24.1 Å². The molecule has 11 heteroatoms. The lowest BCUT2D eigenvalue weighted by Gasteiger charge is -2.35. The monoisotopic (exact) mass is 522 g/mol. The van der Waals surface area contributed by atoms with Crippen LogP contribution in [0.4, 0.5) is 10.2 Å². The van der Waals surface area contributed by atoms with Crippen molar-refractivity contribution in [2.45, 2.75) is 31.8 Å². The molecule has 1 atom stereocenters. The van der Waals surface area contributed by atoms with Gasteiger partial charge in [-0.3, -0.25) is 5.10 Å². The van der Waals surface area contributed by atoms with Crippen LogP contribution in [-0.4, -0.2) is 90.7 Å². The smallest absolute Gasteiger partial charge is 0.181 e. The van der Waals surface area contributed by atoms with Crippen molar-refractivity contribution in [2.75, 3.05) is 52.4 Å². The number of amidine groups is 1. The van der Waals surface area contributed by atoms with E-state index in [2.05, 4.69) is 42.0 Å². The van der Waals surface area contributed by atoms with Gasteiger partial charge in [-0.1, -0.05) is 0 Å². The van der Waals surface area contributed by atoms with Gasteiger partial charge in [-0.25, -0.2) is 14.4 Å². The lowest BCUT2D eigenvalue weighted by molar-refractivity contribution is -0.0170. The molecule has 5 rings (SSSR count). The van der Waals surface area contributed by atoms with Gasteiger partial charge in [0.1, 0.15) is 11.7 Å². The van der Waals surface area contributed by atoms with Gasteiger partial charge in [0.25, 0.3) is 0 Å². The van der Waals surface area contributed by atoms with E-state index in [1.165, 1.54) is 12.8 Å². The van der Waals surface area contributed by atoms with Crippen molar-refractivity contribution in [2.24, 2.45) is 9.98 Å². The number of morpholine rings is 1. The number of likely N-dealkylation sites (N-methyl/N-ethyl adjacent to an activating group) is 1. The Balaban J connectivity index is 1.36. The zero-order valence-electron chi connectivity index (χ0n) is 22.1. The molecule has 10 nitrogen and oxygen atoms in total. The third-order valence-corrected chi connectivity index (χ3v) is 6.62. The molecule has 38 heavy (non-hydrogen) atoms. The van der Waals surface area contributed by atoms with Gasteiger partial charge >= 0.3 is 0 Å². The Bertz CT molecular complexity index is 1340. The highest BCUT2D eigenvalue weighted by Gasteiger charge is 2.26. The number of fused-ring (bicyclic) bond motifs is 1. The molecule has 3 N–H and O–H groups in total. The number of ether oxygens (including phenoxy) is 2. The second-order valence-electron chi connectivity index (χ2n) is 10.1. The molecule has 2 aromatic heterocycles. The van der Waals surface area contributed by atoms with Gasteiger partial charge in [-0.05, 0) is 58.8 Å². The number of hydrogen-bond acceptors (Lipinski definition) is 7. The predicted molar refractivity (Wildman–Crippen MR) is 148 cm³/mol. The Labute approximate surface area is 221 Å². The van der Waals surface area contributed by atoms with Gasteiger partial charge in [0, 0.05) is 60.0 Å². The van der Waals surface area contributed by atoms with Crippen LogP contribution in [0, 0.1) is 12.7 Å². The minimum absolute atomic E-state index is 0.0236. The molecule has 1 aromatic carbocycles. The van der Waals surface area contributed by atoms with Crippen molar-refractivity contribution in [3.05, 3.63) is 53.4 Å². The molecule has 1 aliphatic carbocycles. The summed E-state index contributed by atoms with van der Waals surface area (Å²) in [4.78, 5) is 16.2. The number of aromatic nitrogens is 3. The quantitative estimate of drug-likeness (QED) is 0.276. The third-order valence-electron chi connectivity index (χ3n) is 6.62. The SMILES string of the molecule is C=N/C(=C\C(=N/COc1ccc2[nH]c(C)cc2c1F)N1CCOC(CN(C)C)C1)Nc1cc(C2CC2)[nH]n1. The summed E-state index contributed by atoms with van der Waals surface area (Å²) in [6.45, 7) is 8.21. The predicted octanol–water partition coefficient (Wildman–Crippen LogP) is 3.87. The molecule has 202 valence electrons. The van der Waals surface area contributed by atoms with E-state index < -0.39 is 5.82 Å². The number of H-pyrrole nitrogens is 2. The van der Waals surface area contributed by atoms with Crippen LogP contribution in [0.3, 0.4) is 0 Å². The van der Waals surface area contributed by atoms with Gasteiger partial charge in [0.05, 0.1) is 12.7 Å². The zero-order chi connectivity index (χ0) is 26.6. The summed E-state index contributed by atoms with van der Waals surface area (Å²) in [7, 11) is 4.04. The first-order valence-electron chi connectivity index (χ1n) is 12.9. The van der Waals surface area contributed by atoms with E-state index in [9.17, 15) is 0 Å². The number of nitrogens with zero attached hydrogens (tertiary/aromatic N) is 5. The lowest BCUT2D eigenvalue weighted by atomic mass is 10.2. The maximum Gasteiger partial charge on any atom is 0.181 e. The third kappa shape index (κ3) is 6.22. The number of aliphatic imine (C=N–C) groups is 2. The molecule has 3 heterocycles. The minimum atomic E-state index is -0.406. The van der Waals surface area contributed by atoms with Gasteiger partial charge in [-0.2, -0.15) is 5.10 Å². The number of aryl methyl sites for hydroxylation is 1. The Morgan fingerprint density at radius 1 is 1.37 bits per heavy atom. The molecule has 1 aliphatic heterocycles. The van der Waals surface area contributed by atoms with Crippen molar-refractivity contribution >= 4 is 29.3 Å². The van der Waals surface area contributed by atoms with Crippen LogP contribution in [0.1, 0.15) is 30.1 Å². The van der Waals surface area contributed by atoms with E-state index in [1.54, 1.807) is 12.1 Å². The van der Waals surface area contributed by atoms with Crippen molar-refractivity contribution in [1.29, 1.82) is 0 Å². The van der Waals surface area contributed by atoms with Gasteiger partial charge in [-0.15, -0.1) is 0 Å². The molecule has 0 amide bonds. The number of nitrogens with one attached hydrogen (secondary N) is 3. The maximum atomic E-state index is 15.0. The highest BCUT2D eigenvalue weighted by molar-refractivity contribution is 5.94. The number of hydrogen-bond donors (Lipinski definition) is 3. The molecule has 0 radical (unpaired) electrons. The van der Waals surface area contributed by atoms with E-state index in [-0.39, 0.29) is 18.6 Å². The number of halogens is 1. The first-order chi connectivity index (χ1) is 18.4. The van der Waals surface area contributed by atoms with Crippen molar-refractivity contribution in [1.82, 2.24) is 25.0 Å². The summed E-state index contributed by atoms with van der Waals surface area (Å²) in [5.74, 6) is 2.13. The molecule has 0 spiro atoms. The summed E-state index contributed by atoms with van der Waals surface area (Å²) in [6, 6.07) is 7.20. The van der Waals surface area contributed by atoms with Gasteiger partial charge in [0.2, 0.25) is 0 Å². The van der Waals surface area contributed by atoms with Crippen molar-refractivity contribution < 1.29 is 13.9 Å². The normalized spacial score (nSPS) is 18.9. The largest absolute Gasteiger partial charge is 0.468 e. The molecule has 2 aliphatic rings. The Kier molecular flexibility index (Phi) is 7.75. The fraction of sp³-hybridized carbons (Fsp3) is 0.444. The average Bonchev–Trinajstić information content (AvgIpc) is 3.51. The van der Waals surface area contributed by atoms with Crippen molar-refractivity contribution in [3.8, 4) is 5.75 Å². The molecular weight excluding hydrogens is 487 g/mol. The number of rotatable bonds is 10. The number of anilines is 1. The van der Waals surface area contributed by atoms with E-state index in [4.69, 9.17) is 14.5 Å². The van der Waals surface area contributed by atoms with E-state index in [0.29, 0.717) is 48.5 Å². The van der Waals surface area contributed by atoms with E-state index in [0.717, 1.165) is 23.4 Å². The summed E-state index contributed by atoms with van der Waals surface area (Å²) in [5.41, 5.74) is 2.74. The van der Waals surface area contributed by atoms with Crippen LogP contribution in [0.5, 0.6) is 5.75 Å². The fourth-order valence-electron chi connectivity index (χ4n) is 4.63. The van der Waals surface area contributed by atoms with Crippen LogP contribution in [-0.2, 0) is 4.74 Å². The summed E-state index contributed by atoms with van der Waals surface area (Å²) in [5, 5.41) is 11.2. The topological polar surface area (TPSA) is 106 Å². The van der Waals surface area contributed by atoms with Gasteiger partial charge < -0.3 is 29.6 Å².